The van der Waals surface area contributed by atoms with E-state index in [1.54, 1.807) is 31.2 Å². The molecule has 152 valence electrons. The molecule has 1 aliphatic rings. The van der Waals surface area contributed by atoms with Crippen molar-refractivity contribution in [3.8, 4) is 5.75 Å². The van der Waals surface area contributed by atoms with Gasteiger partial charge in [0.2, 0.25) is 0 Å². The molecule has 0 aromatic heterocycles. The Kier molecular flexibility index (Phi) is 6.33. The van der Waals surface area contributed by atoms with Crippen LogP contribution in [-0.4, -0.2) is 29.2 Å². The summed E-state index contributed by atoms with van der Waals surface area (Å²) in [6.07, 6.45) is -0.0914. The second-order valence-corrected chi connectivity index (χ2v) is 7.66. The molecule has 7 nitrogen and oxygen atoms in total. The van der Waals surface area contributed by atoms with E-state index in [0.29, 0.717) is 22.0 Å². The number of hydrogen-bond donors (Lipinski definition) is 3. The molecule has 2 amide bonds. The molecule has 0 spiro atoms. The molecule has 29 heavy (non-hydrogen) atoms. The van der Waals surface area contributed by atoms with Gasteiger partial charge in [-0.25, -0.2) is 5.43 Å². The summed E-state index contributed by atoms with van der Waals surface area (Å²) in [7, 11) is 0. The fraction of sp³-hybridized carbons (Fsp3) is 0.211. The Hall–Kier alpha value is -2.32. The van der Waals surface area contributed by atoms with E-state index in [4.69, 9.17) is 39.5 Å². The molecule has 0 radical (unpaired) electrons. The standard InChI is InChI=1S/C19H16Cl3N3O4/c1-10(8-19(28)12-4-2-3-5-15(12)23-18(19)27)24-25-16(26)9-29-17-13(21)6-11(20)7-14(17)22/h2-7,28H,8-9H2,1H3,(H,23,27)(H,25,26)/b24-10-/t19-/m1/s1. The first-order valence-corrected chi connectivity index (χ1v) is 9.57. The van der Waals surface area contributed by atoms with Crippen molar-refractivity contribution in [2.75, 3.05) is 11.9 Å². The van der Waals surface area contributed by atoms with Gasteiger partial charge < -0.3 is 15.2 Å². The molecule has 3 rings (SSSR count). The predicted octanol–water partition coefficient (Wildman–Crippen LogP) is 3.75. The molecule has 2 aromatic carbocycles. The molecule has 2 aromatic rings. The number of hydrogen-bond acceptors (Lipinski definition) is 5. The zero-order valence-corrected chi connectivity index (χ0v) is 17.4. The van der Waals surface area contributed by atoms with Gasteiger partial charge in [-0.1, -0.05) is 53.0 Å². The van der Waals surface area contributed by atoms with E-state index in [9.17, 15) is 14.7 Å². The maximum atomic E-state index is 12.2. The highest BCUT2D eigenvalue weighted by Gasteiger charge is 2.45. The van der Waals surface area contributed by atoms with E-state index in [1.807, 2.05) is 0 Å². The molecule has 0 aliphatic carbocycles. The van der Waals surface area contributed by atoms with Gasteiger partial charge in [-0.15, -0.1) is 0 Å². The number of nitrogens with one attached hydrogen (secondary N) is 2. The molecule has 1 aliphatic heterocycles. The number of rotatable bonds is 6. The van der Waals surface area contributed by atoms with Crippen LogP contribution in [0.4, 0.5) is 5.69 Å². The van der Waals surface area contributed by atoms with Crippen molar-refractivity contribution < 1.29 is 19.4 Å². The lowest BCUT2D eigenvalue weighted by Crippen LogP contribution is -2.36. The number of hydrazone groups is 1. The van der Waals surface area contributed by atoms with Gasteiger partial charge in [0.15, 0.2) is 18.0 Å². The lowest BCUT2D eigenvalue weighted by atomic mass is 9.90. The zero-order chi connectivity index (χ0) is 21.2. The molecule has 0 saturated heterocycles. The summed E-state index contributed by atoms with van der Waals surface area (Å²) in [6, 6.07) is 9.72. The molecule has 0 bridgehead atoms. The number of nitrogens with zero attached hydrogens (tertiary/aromatic N) is 1. The Morgan fingerprint density at radius 3 is 2.59 bits per heavy atom. The van der Waals surface area contributed by atoms with Crippen molar-refractivity contribution in [1.82, 2.24) is 5.43 Å². The van der Waals surface area contributed by atoms with E-state index >= 15 is 0 Å². The number of para-hydroxylation sites is 1. The van der Waals surface area contributed by atoms with Crippen LogP contribution in [0.15, 0.2) is 41.5 Å². The van der Waals surface area contributed by atoms with Crippen LogP contribution in [0.3, 0.4) is 0 Å². The van der Waals surface area contributed by atoms with Crippen molar-refractivity contribution in [3.05, 3.63) is 57.0 Å². The lowest BCUT2D eigenvalue weighted by molar-refractivity contribution is -0.132. The van der Waals surface area contributed by atoms with Crippen molar-refractivity contribution in [2.24, 2.45) is 5.10 Å². The summed E-state index contributed by atoms with van der Waals surface area (Å²) in [5.41, 5.74) is 1.89. The Morgan fingerprint density at radius 1 is 1.24 bits per heavy atom. The third-order valence-electron chi connectivity index (χ3n) is 4.19. The minimum atomic E-state index is -1.75. The summed E-state index contributed by atoms with van der Waals surface area (Å²) in [5.74, 6) is -0.994. The number of aliphatic hydroxyl groups is 1. The third kappa shape index (κ3) is 4.64. The van der Waals surface area contributed by atoms with Crippen molar-refractivity contribution in [2.45, 2.75) is 18.9 Å². The van der Waals surface area contributed by atoms with Gasteiger partial charge in [0.05, 0.1) is 10.0 Å². The van der Waals surface area contributed by atoms with E-state index in [2.05, 4.69) is 15.8 Å². The Labute approximate surface area is 181 Å². The topological polar surface area (TPSA) is 100 Å². The monoisotopic (exact) mass is 455 g/mol. The molecule has 10 heteroatoms. The number of anilines is 1. The first-order valence-electron chi connectivity index (χ1n) is 8.43. The molecule has 1 atom stereocenters. The normalized spacial score (nSPS) is 18.2. The van der Waals surface area contributed by atoms with E-state index in [1.165, 1.54) is 12.1 Å². The summed E-state index contributed by atoms with van der Waals surface area (Å²) >= 11 is 17.8. The van der Waals surface area contributed by atoms with Gasteiger partial charge in [0, 0.05) is 28.4 Å². The quantitative estimate of drug-likeness (QED) is 0.455. The predicted molar refractivity (Wildman–Crippen MR) is 112 cm³/mol. The van der Waals surface area contributed by atoms with Gasteiger partial charge in [-0.2, -0.15) is 5.10 Å². The molecule has 0 unspecified atom stereocenters. The molecule has 0 fully saturated rings. The maximum Gasteiger partial charge on any atom is 0.277 e. The third-order valence-corrected chi connectivity index (χ3v) is 4.97. The molecule has 0 saturated carbocycles. The van der Waals surface area contributed by atoms with Crippen LogP contribution >= 0.6 is 34.8 Å². The van der Waals surface area contributed by atoms with E-state index in [-0.39, 0.29) is 22.2 Å². The number of fused-ring (bicyclic) bond motifs is 1. The first-order chi connectivity index (χ1) is 13.7. The molecular weight excluding hydrogens is 441 g/mol. The average molecular weight is 457 g/mol. The number of halogens is 3. The van der Waals surface area contributed by atoms with E-state index < -0.39 is 24.0 Å². The van der Waals surface area contributed by atoms with Crippen LogP contribution < -0.4 is 15.5 Å². The zero-order valence-electron chi connectivity index (χ0n) is 15.1. The Morgan fingerprint density at radius 2 is 1.90 bits per heavy atom. The number of ether oxygens (including phenoxy) is 1. The highest BCUT2D eigenvalue weighted by atomic mass is 35.5. The van der Waals surface area contributed by atoms with Crippen LogP contribution in [0, 0.1) is 0 Å². The summed E-state index contributed by atoms with van der Waals surface area (Å²) in [6.45, 7) is 1.19. The minimum absolute atomic E-state index is 0.0914. The Bertz CT molecular complexity index is 989. The van der Waals surface area contributed by atoms with Crippen molar-refractivity contribution in [3.63, 3.8) is 0 Å². The summed E-state index contributed by atoms with van der Waals surface area (Å²) in [5, 5.41) is 18.0. The van der Waals surface area contributed by atoms with Gasteiger partial charge in [0.1, 0.15) is 0 Å². The second kappa shape index (κ2) is 8.59. The van der Waals surface area contributed by atoms with Gasteiger partial charge in [0.25, 0.3) is 11.8 Å². The fourth-order valence-corrected chi connectivity index (χ4v) is 3.81. The van der Waals surface area contributed by atoms with Crippen LogP contribution in [0.5, 0.6) is 5.75 Å². The highest BCUT2D eigenvalue weighted by molar-refractivity contribution is 6.40. The smallest absolute Gasteiger partial charge is 0.277 e. The van der Waals surface area contributed by atoms with Crippen LogP contribution in [0.1, 0.15) is 18.9 Å². The van der Waals surface area contributed by atoms with E-state index in [0.717, 1.165) is 0 Å². The SMILES string of the molecule is C/C(C[C@]1(O)C(=O)Nc2ccccc21)=N/NC(=O)COc1c(Cl)cc(Cl)cc1Cl. The van der Waals surface area contributed by atoms with Crippen molar-refractivity contribution >= 4 is 58.0 Å². The molecular formula is C19H16Cl3N3O4. The van der Waals surface area contributed by atoms with Gasteiger partial charge in [-0.3, -0.25) is 9.59 Å². The minimum Gasteiger partial charge on any atom is -0.481 e. The first kappa shape index (κ1) is 21.4. The molecule has 1 heterocycles. The molecule has 3 N–H and O–H groups in total. The van der Waals surface area contributed by atoms with Crippen LogP contribution in [-0.2, 0) is 15.2 Å². The number of benzene rings is 2. The van der Waals surface area contributed by atoms with Crippen LogP contribution in [0.25, 0.3) is 0 Å². The average Bonchev–Trinajstić information content (AvgIpc) is 2.89. The lowest BCUT2D eigenvalue weighted by Gasteiger charge is -2.20. The number of amides is 2. The maximum absolute atomic E-state index is 12.2. The fourth-order valence-electron chi connectivity index (χ4n) is 2.88. The summed E-state index contributed by atoms with van der Waals surface area (Å²) < 4.78 is 5.32. The number of carbonyl (C=O) groups is 2. The van der Waals surface area contributed by atoms with Gasteiger partial charge in [-0.05, 0) is 25.1 Å². The van der Waals surface area contributed by atoms with Gasteiger partial charge >= 0.3 is 0 Å². The van der Waals surface area contributed by atoms with Crippen molar-refractivity contribution in [1.29, 1.82) is 0 Å². The highest BCUT2D eigenvalue weighted by Crippen LogP contribution is 2.38. The number of carbonyl (C=O) groups excluding carboxylic acids is 2. The second-order valence-electron chi connectivity index (χ2n) is 6.41. The Balaban J connectivity index is 1.60. The largest absolute Gasteiger partial charge is 0.481 e. The summed E-state index contributed by atoms with van der Waals surface area (Å²) in [4.78, 5) is 24.2. The van der Waals surface area contributed by atoms with Crippen LogP contribution in [0.2, 0.25) is 15.1 Å².